The van der Waals surface area contributed by atoms with E-state index < -0.39 is 42.6 Å². The summed E-state index contributed by atoms with van der Waals surface area (Å²) in [6.07, 6.45) is -10.6. The zero-order valence-electron chi connectivity index (χ0n) is 9.47. The van der Waals surface area contributed by atoms with E-state index in [0.717, 1.165) is 0 Å². The van der Waals surface area contributed by atoms with Crippen LogP contribution in [0, 0.1) is 0 Å². The molecule has 0 heterocycles. The van der Waals surface area contributed by atoms with Gasteiger partial charge in [-0.3, -0.25) is 0 Å². The molecule has 0 bridgehead atoms. The molecule has 12 heteroatoms. The summed E-state index contributed by atoms with van der Waals surface area (Å²) in [6, 6.07) is 1.64. The first-order valence-corrected chi connectivity index (χ1v) is 8.94. The van der Waals surface area contributed by atoms with E-state index in [-0.39, 0.29) is 6.07 Å². The van der Waals surface area contributed by atoms with Gasteiger partial charge in [-0.1, -0.05) is 28.1 Å². The zero-order chi connectivity index (χ0) is 16.6. The minimum absolute atomic E-state index is 0.245. The van der Waals surface area contributed by atoms with Crippen LogP contribution in [0.2, 0.25) is 0 Å². The molecule has 0 aromatic heterocycles. The highest BCUT2D eigenvalue weighted by Crippen LogP contribution is 2.45. The Balaban J connectivity index is 3.53. The van der Waals surface area contributed by atoms with E-state index in [1.54, 1.807) is 0 Å². The lowest BCUT2D eigenvalue weighted by molar-refractivity contribution is -0.162. The summed E-state index contributed by atoms with van der Waals surface area (Å²) < 4.78 is 103. The number of benzene rings is 1. The minimum Gasteiger partial charge on any atom is -0.242 e. The monoisotopic (exact) mass is 464 g/mol. The van der Waals surface area contributed by atoms with Crippen molar-refractivity contribution in [3.05, 3.63) is 34.9 Å². The summed E-state index contributed by atoms with van der Waals surface area (Å²) in [7, 11) is -4.37. The van der Waals surface area contributed by atoms with Crippen LogP contribution >= 0.6 is 30.7 Å². The number of hydrogen-bond donors (Lipinski definition) is 0. The Kier molecular flexibility index (Phi) is 5.39. The van der Waals surface area contributed by atoms with Gasteiger partial charge in [0.2, 0.25) is 0 Å². The lowest BCUT2D eigenvalue weighted by Crippen LogP contribution is -2.20. The van der Waals surface area contributed by atoms with Crippen molar-refractivity contribution >= 4 is 39.3 Å². The molecule has 21 heavy (non-hydrogen) atoms. The molecule has 1 unspecified atom stereocenters. The SMILES string of the molecule is O=S(=O)(Br)OC(Br)c1cccc(C(F)(F)F)c1C(F)(F)F. The molecular formula is C9H4Br2F6O3S. The van der Waals surface area contributed by atoms with Crippen molar-refractivity contribution in [2.24, 2.45) is 0 Å². The molecule has 0 aliphatic carbocycles. The van der Waals surface area contributed by atoms with Gasteiger partial charge in [0.25, 0.3) is 0 Å². The van der Waals surface area contributed by atoms with Crippen LogP contribution in [-0.2, 0) is 25.1 Å². The first kappa shape index (κ1) is 18.7. The van der Waals surface area contributed by atoms with E-state index in [1.807, 2.05) is 14.8 Å². The highest BCUT2D eigenvalue weighted by molar-refractivity contribution is 9.46. The molecule has 0 saturated heterocycles. The molecule has 120 valence electrons. The molecule has 0 N–H and O–H groups in total. The summed E-state index contributed by atoms with van der Waals surface area (Å²) in [4.78, 5) is 0. The average molecular weight is 466 g/mol. The van der Waals surface area contributed by atoms with E-state index in [2.05, 4.69) is 20.1 Å². The number of halogens is 8. The van der Waals surface area contributed by atoms with Gasteiger partial charge in [-0.15, -0.1) is 0 Å². The van der Waals surface area contributed by atoms with Crippen LogP contribution < -0.4 is 0 Å². The van der Waals surface area contributed by atoms with Gasteiger partial charge in [0.05, 0.1) is 25.9 Å². The third-order valence-corrected chi connectivity index (χ3v) is 3.94. The smallest absolute Gasteiger partial charge is 0.242 e. The number of rotatable bonds is 3. The predicted octanol–water partition coefficient (Wildman–Crippen LogP) is 4.77. The van der Waals surface area contributed by atoms with E-state index >= 15 is 0 Å². The van der Waals surface area contributed by atoms with Crippen molar-refractivity contribution in [3.8, 4) is 0 Å². The summed E-state index contributed by atoms with van der Waals surface area (Å²) >= 11 is 4.49. The first-order valence-electron chi connectivity index (χ1n) is 4.77. The molecule has 0 spiro atoms. The third-order valence-electron chi connectivity index (χ3n) is 2.13. The minimum atomic E-state index is -5.35. The Labute approximate surface area is 130 Å². The maximum atomic E-state index is 12.9. The van der Waals surface area contributed by atoms with Crippen molar-refractivity contribution in [2.75, 3.05) is 0 Å². The second kappa shape index (κ2) is 6.05. The van der Waals surface area contributed by atoms with Crippen LogP contribution in [0.1, 0.15) is 21.7 Å². The van der Waals surface area contributed by atoms with E-state index in [0.29, 0.717) is 12.1 Å². The van der Waals surface area contributed by atoms with Crippen LogP contribution in [-0.4, -0.2) is 8.42 Å². The maximum Gasteiger partial charge on any atom is 0.417 e. The topological polar surface area (TPSA) is 43.4 Å². The lowest BCUT2D eigenvalue weighted by atomic mass is 10.0. The van der Waals surface area contributed by atoms with Crippen molar-refractivity contribution in [1.29, 1.82) is 0 Å². The summed E-state index contributed by atoms with van der Waals surface area (Å²) in [5.74, 6) is 0. The van der Waals surface area contributed by atoms with Gasteiger partial charge in [0, 0.05) is 5.56 Å². The fraction of sp³-hybridized carbons (Fsp3) is 0.333. The molecule has 1 aromatic rings. The Bertz CT molecular complexity index is 625. The van der Waals surface area contributed by atoms with Gasteiger partial charge < -0.3 is 0 Å². The van der Waals surface area contributed by atoms with Crippen molar-refractivity contribution in [1.82, 2.24) is 0 Å². The third kappa shape index (κ3) is 5.11. The quantitative estimate of drug-likeness (QED) is 0.367. The number of hydrogen-bond acceptors (Lipinski definition) is 3. The summed E-state index contributed by atoms with van der Waals surface area (Å²) in [5, 5.41) is -1.94. The van der Waals surface area contributed by atoms with Gasteiger partial charge in [-0.2, -0.15) is 34.8 Å². The highest BCUT2D eigenvalue weighted by atomic mass is 79.9. The Morgan fingerprint density at radius 1 is 1.05 bits per heavy atom. The molecule has 1 atom stereocenters. The first-order chi connectivity index (χ1) is 9.23. The highest BCUT2D eigenvalue weighted by Gasteiger charge is 2.45. The van der Waals surface area contributed by atoms with E-state index in [9.17, 15) is 34.8 Å². The van der Waals surface area contributed by atoms with Gasteiger partial charge >= 0.3 is 20.9 Å². The van der Waals surface area contributed by atoms with E-state index in [4.69, 9.17) is 0 Å². The second-order valence-electron chi connectivity index (χ2n) is 3.57. The molecule has 1 rings (SSSR count). The van der Waals surface area contributed by atoms with Crippen molar-refractivity contribution in [2.45, 2.75) is 17.4 Å². The van der Waals surface area contributed by atoms with Crippen LogP contribution in [0.5, 0.6) is 0 Å². The summed E-state index contributed by atoms with van der Waals surface area (Å²) in [5.41, 5.74) is -4.97. The largest absolute Gasteiger partial charge is 0.417 e. The molecule has 0 aliphatic heterocycles. The zero-order valence-corrected chi connectivity index (χ0v) is 13.5. The van der Waals surface area contributed by atoms with Gasteiger partial charge in [-0.25, -0.2) is 4.18 Å². The Morgan fingerprint density at radius 3 is 1.95 bits per heavy atom. The molecule has 0 saturated carbocycles. The molecule has 0 radical (unpaired) electrons. The van der Waals surface area contributed by atoms with Gasteiger partial charge in [-0.05, 0) is 6.07 Å². The second-order valence-corrected chi connectivity index (χ2v) is 7.76. The molecule has 3 nitrogen and oxygen atoms in total. The Morgan fingerprint density at radius 2 is 1.57 bits per heavy atom. The normalized spacial score (nSPS) is 15.0. The van der Waals surface area contributed by atoms with Gasteiger partial charge in [0.15, 0.2) is 5.01 Å². The fourth-order valence-electron chi connectivity index (χ4n) is 1.46. The van der Waals surface area contributed by atoms with E-state index in [1.165, 1.54) is 0 Å². The summed E-state index contributed by atoms with van der Waals surface area (Å²) in [6.45, 7) is 0. The molecule has 0 aliphatic rings. The Hall–Kier alpha value is -0.330. The average Bonchev–Trinajstić information content (AvgIpc) is 2.23. The molecule has 0 fully saturated rings. The van der Waals surface area contributed by atoms with Gasteiger partial charge in [0.1, 0.15) is 0 Å². The predicted molar refractivity (Wildman–Crippen MR) is 67.0 cm³/mol. The fourth-order valence-corrected chi connectivity index (χ4v) is 3.83. The van der Waals surface area contributed by atoms with Crippen molar-refractivity contribution in [3.63, 3.8) is 0 Å². The van der Waals surface area contributed by atoms with Crippen LogP contribution in [0.4, 0.5) is 26.3 Å². The van der Waals surface area contributed by atoms with Crippen LogP contribution in [0.3, 0.4) is 0 Å². The molecule has 1 aromatic carbocycles. The standard InChI is InChI=1S/C9H4Br2F6O3S/c10-7(20-21(11,18)19)4-2-1-3-5(8(12,13)14)6(4)9(15,16)17/h1-3,7H. The van der Waals surface area contributed by atoms with Crippen molar-refractivity contribution < 1.29 is 38.9 Å². The number of alkyl halides is 7. The molecular weight excluding hydrogens is 462 g/mol. The van der Waals surface area contributed by atoms with Crippen LogP contribution in [0.25, 0.3) is 0 Å². The maximum absolute atomic E-state index is 12.9. The van der Waals surface area contributed by atoms with Crippen LogP contribution in [0.15, 0.2) is 18.2 Å². The lowest BCUT2D eigenvalue weighted by Gasteiger charge is -2.21. The molecule has 0 amide bonds.